The van der Waals surface area contributed by atoms with Crippen molar-refractivity contribution in [2.75, 3.05) is 27.2 Å². The van der Waals surface area contributed by atoms with Gasteiger partial charge in [-0.25, -0.2) is 4.79 Å². The Morgan fingerprint density at radius 2 is 2.11 bits per heavy atom. The van der Waals surface area contributed by atoms with E-state index in [1.165, 1.54) is 24.9 Å². The van der Waals surface area contributed by atoms with Crippen molar-refractivity contribution >= 4 is 5.97 Å². The lowest BCUT2D eigenvalue weighted by Crippen LogP contribution is -2.38. The van der Waals surface area contributed by atoms with E-state index in [0.29, 0.717) is 17.5 Å². The number of carboxylic acids is 1. The molecule has 1 aromatic carbocycles. The van der Waals surface area contributed by atoms with Gasteiger partial charge in [0.2, 0.25) is 0 Å². The Labute approximate surface area is 114 Å². The van der Waals surface area contributed by atoms with Crippen molar-refractivity contribution in [3.8, 4) is 0 Å². The smallest absolute Gasteiger partial charge is 0.335 e. The molecule has 2 atom stereocenters. The summed E-state index contributed by atoms with van der Waals surface area (Å²) < 4.78 is 0. The van der Waals surface area contributed by atoms with Gasteiger partial charge in [0, 0.05) is 12.6 Å². The number of aromatic carboxylic acids is 1. The predicted octanol–water partition coefficient (Wildman–Crippen LogP) is 1.99. The van der Waals surface area contributed by atoms with E-state index in [1.807, 2.05) is 19.2 Å². The first-order chi connectivity index (χ1) is 9.11. The summed E-state index contributed by atoms with van der Waals surface area (Å²) in [5.74, 6) is -0.288. The van der Waals surface area contributed by atoms with Crippen LogP contribution in [0.4, 0.5) is 0 Å². The Morgan fingerprint density at radius 1 is 1.42 bits per heavy atom. The van der Waals surface area contributed by atoms with Crippen molar-refractivity contribution < 1.29 is 9.90 Å². The van der Waals surface area contributed by atoms with Gasteiger partial charge in [0.15, 0.2) is 0 Å². The van der Waals surface area contributed by atoms with Crippen LogP contribution in [0.3, 0.4) is 0 Å². The zero-order valence-corrected chi connectivity index (χ0v) is 11.6. The molecule has 1 saturated heterocycles. The summed E-state index contributed by atoms with van der Waals surface area (Å²) in [6.07, 6.45) is 2.45. The first-order valence-electron chi connectivity index (χ1n) is 6.81. The summed E-state index contributed by atoms with van der Waals surface area (Å²) in [7, 11) is 4.14. The fourth-order valence-electron chi connectivity index (χ4n) is 2.99. The van der Waals surface area contributed by atoms with Crippen LogP contribution >= 0.6 is 0 Å². The summed E-state index contributed by atoms with van der Waals surface area (Å²) in [5, 5.41) is 12.3. The number of rotatable bonds is 4. The molecule has 0 aromatic heterocycles. The normalized spacial score (nSPS) is 22.1. The molecular weight excluding hydrogens is 240 g/mol. The molecule has 1 heterocycles. The largest absolute Gasteiger partial charge is 0.478 e. The van der Waals surface area contributed by atoms with E-state index < -0.39 is 5.97 Å². The molecule has 0 saturated carbocycles. The third-order valence-electron chi connectivity index (χ3n) is 3.96. The number of nitrogens with zero attached hydrogens (tertiary/aromatic N) is 1. The van der Waals surface area contributed by atoms with Gasteiger partial charge in [-0.05, 0) is 57.1 Å². The third kappa shape index (κ3) is 3.33. The minimum atomic E-state index is -0.870. The lowest BCUT2D eigenvalue weighted by atomic mass is 9.86. The van der Waals surface area contributed by atoms with E-state index in [1.54, 1.807) is 12.1 Å². The second kappa shape index (κ2) is 6.17. The zero-order chi connectivity index (χ0) is 13.8. The minimum Gasteiger partial charge on any atom is -0.478 e. The SMILES string of the molecule is CNC(c1ccc(C(=O)O)cc1)C1CCCN(C)C1. The van der Waals surface area contributed by atoms with Crippen LogP contribution in [-0.4, -0.2) is 43.2 Å². The van der Waals surface area contributed by atoms with E-state index >= 15 is 0 Å². The number of hydrogen-bond acceptors (Lipinski definition) is 3. The van der Waals surface area contributed by atoms with Crippen LogP contribution in [0.25, 0.3) is 0 Å². The molecule has 1 aromatic rings. The molecule has 0 amide bonds. The van der Waals surface area contributed by atoms with Crippen molar-refractivity contribution in [2.45, 2.75) is 18.9 Å². The zero-order valence-electron chi connectivity index (χ0n) is 11.6. The molecule has 2 rings (SSSR count). The fraction of sp³-hybridized carbons (Fsp3) is 0.533. The molecule has 4 heteroatoms. The molecule has 4 nitrogen and oxygen atoms in total. The molecular formula is C15H22N2O2. The van der Waals surface area contributed by atoms with Gasteiger partial charge in [0.1, 0.15) is 0 Å². The molecule has 0 aliphatic carbocycles. The lowest BCUT2D eigenvalue weighted by molar-refractivity contribution is 0.0697. The van der Waals surface area contributed by atoms with Gasteiger partial charge in [-0.2, -0.15) is 0 Å². The number of nitrogens with one attached hydrogen (secondary N) is 1. The van der Waals surface area contributed by atoms with Crippen LogP contribution in [0.2, 0.25) is 0 Å². The summed E-state index contributed by atoms with van der Waals surface area (Å²) in [6, 6.07) is 7.53. The maximum atomic E-state index is 10.9. The van der Waals surface area contributed by atoms with Crippen molar-refractivity contribution in [3.05, 3.63) is 35.4 Å². The highest BCUT2D eigenvalue weighted by Gasteiger charge is 2.25. The van der Waals surface area contributed by atoms with Crippen LogP contribution in [0.15, 0.2) is 24.3 Å². The Kier molecular flexibility index (Phi) is 4.56. The van der Waals surface area contributed by atoms with Gasteiger partial charge in [0.05, 0.1) is 5.56 Å². The number of benzene rings is 1. The molecule has 0 radical (unpaired) electrons. The average molecular weight is 262 g/mol. The van der Waals surface area contributed by atoms with Crippen LogP contribution < -0.4 is 5.32 Å². The van der Waals surface area contributed by atoms with Crippen LogP contribution in [0.1, 0.15) is 34.8 Å². The van der Waals surface area contributed by atoms with E-state index in [2.05, 4.69) is 17.3 Å². The molecule has 19 heavy (non-hydrogen) atoms. The maximum absolute atomic E-state index is 10.9. The molecule has 1 aliphatic rings. The highest BCUT2D eigenvalue weighted by Crippen LogP contribution is 2.29. The van der Waals surface area contributed by atoms with Gasteiger partial charge < -0.3 is 15.3 Å². The third-order valence-corrected chi connectivity index (χ3v) is 3.96. The Hall–Kier alpha value is -1.39. The van der Waals surface area contributed by atoms with Crippen molar-refractivity contribution in [3.63, 3.8) is 0 Å². The van der Waals surface area contributed by atoms with E-state index in [9.17, 15) is 4.79 Å². The summed E-state index contributed by atoms with van der Waals surface area (Å²) in [5.41, 5.74) is 1.52. The first-order valence-corrected chi connectivity index (χ1v) is 6.81. The summed E-state index contributed by atoms with van der Waals surface area (Å²) in [4.78, 5) is 13.2. The van der Waals surface area contributed by atoms with Crippen LogP contribution in [0.5, 0.6) is 0 Å². The molecule has 2 unspecified atom stereocenters. The highest BCUT2D eigenvalue weighted by molar-refractivity contribution is 5.87. The Morgan fingerprint density at radius 3 is 2.63 bits per heavy atom. The standard InChI is InChI=1S/C15H22N2O2/c1-16-14(13-4-3-9-17(2)10-13)11-5-7-12(8-6-11)15(18)19/h5-8,13-14,16H,3-4,9-10H2,1-2H3,(H,18,19). The second-order valence-corrected chi connectivity index (χ2v) is 5.36. The summed E-state index contributed by atoms with van der Waals surface area (Å²) >= 11 is 0. The van der Waals surface area contributed by atoms with Crippen molar-refractivity contribution in [1.29, 1.82) is 0 Å². The molecule has 2 N–H and O–H groups in total. The van der Waals surface area contributed by atoms with Gasteiger partial charge in [-0.3, -0.25) is 0 Å². The monoisotopic (exact) mass is 262 g/mol. The number of carbonyl (C=O) groups is 1. The van der Waals surface area contributed by atoms with Gasteiger partial charge >= 0.3 is 5.97 Å². The molecule has 0 spiro atoms. The van der Waals surface area contributed by atoms with Crippen molar-refractivity contribution in [1.82, 2.24) is 10.2 Å². The van der Waals surface area contributed by atoms with Crippen LogP contribution in [-0.2, 0) is 0 Å². The molecule has 1 fully saturated rings. The predicted molar refractivity (Wildman–Crippen MR) is 75.4 cm³/mol. The quantitative estimate of drug-likeness (QED) is 0.871. The topological polar surface area (TPSA) is 52.6 Å². The Bertz CT molecular complexity index is 430. The van der Waals surface area contributed by atoms with E-state index in [0.717, 1.165) is 6.54 Å². The first kappa shape index (κ1) is 14.0. The number of piperidine rings is 1. The second-order valence-electron chi connectivity index (χ2n) is 5.36. The van der Waals surface area contributed by atoms with Gasteiger partial charge in [-0.15, -0.1) is 0 Å². The highest BCUT2D eigenvalue weighted by atomic mass is 16.4. The molecule has 104 valence electrons. The average Bonchev–Trinajstić information content (AvgIpc) is 2.40. The Balaban J connectivity index is 2.14. The number of likely N-dealkylation sites (tertiary alicyclic amines) is 1. The fourth-order valence-corrected chi connectivity index (χ4v) is 2.99. The molecule has 0 bridgehead atoms. The van der Waals surface area contributed by atoms with Crippen LogP contribution in [0, 0.1) is 5.92 Å². The number of hydrogen-bond donors (Lipinski definition) is 2. The summed E-state index contributed by atoms with van der Waals surface area (Å²) in [6.45, 7) is 2.26. The van der Waals surface area contributed by atoms with E-state index in [-0.39, 0.29) is 0 Å². The molecule has 1 aliphatic heterocycles. The van der Waals surface area contributed by atoms with Gasteiger partial charge in [0.25, 0.3) is 0 Å². The van der Waals surface area contributed by atoms with Crippen molar-refractivity contribution in [2.24, 2.45) is 5.92 Å². The minimum absolute atomic E-state index is 0.297. The van der Waals surface area contributed by atoms with Gasteiger partial charge in [-0.1, -0.05) is 12.1 Å². The lowest BCUT2D eigenvalue weighted by Gasteiger charge is -2.35. The maximum Gasteiger partial charge on any atom is 0.335 e. The van der Waals surface area contributed by atoms with E-state index in [4.69, 9.17) is 5.11 Å². The number of carboxylic acid groups (broad SMARTS) is 1.